The molecule has 0 bridgehead atoms. The minimum Gasteiger partial charge on any atom is -0.491 e. The summed E-state index contributed by atoms with van der Waals surface area (Å²) in [6, 6.07) is 16.6. The lowest BCUT2D eigenvalue weighted by atomic mass is 10.0. The van der Waals surface area contributed by atoms with E-state index in [2.05, 4.69) is 4.98 Å². The molecule has 34 heavy (non-hydrogen) atoms. The van der Waals surface area contributed by atoms with Gasteiger partial charge >= 0.3 is 5.97 Å². The molecule has 1 N–H and O–H groups in total. The van der Waals surface area contributed by atoms with Gasteiger partial charge in [0.1, 0.15) is 24.3 Å². The minimum absolute atomic E-state index is 0.0876. The molecule has 3 aromatic carbocycles. The van der Waals surface area contributed by atoms with Crippen molar-refractivity contribution in [2.24, 2.45) is 0 Å². The summed E-state index contributed by atoms with van der Waals surface area (Å²) in [5.41, 5.74) is 1.50. The molecule has 0 fully saturated rings. The molecule has 9 heteroatoms. The summed E-state index contributed by atoms with van der Waals surface area (Å²) in [4.78, 5) is 28.9. The van der Waals surface area contributed by atoms with Crippen LogP contribution >= 0.6 is 23.2 Å². The number of nitriles is 1. The molecule has 4 rings (SSSR count). The SMILES string of the molecule is Cc1nc2ccc(Cl)c(C#N)c2c(=O)n1CCOc1ccc(Cl)cc1-c1cccc(C(=O)O)c1. The molecule has 0 unspecified atom stereocenters. The predicted octanol–water partition coefficient (Wildman–Crippen LogP) is 5.33. The van der Waals surface area contributed by atoms with Gasteiger partial charge < -0.3 is 9.84 Å². The van der Waals surface area contributed by atoms with E-state index in [0.29, 0.717) is 33.2 Å². The summed E-state index contributed by atoms with van der Waals surface area (Å²) in [5.74, 6) is -0.0909. The Kier molecular flexibility index (Phi) is 6.55. The second kappa shape index (κ2) is 9.56. The molecular formula is C25H17Cl2N3O4. The number of rotatable bonds is 6. The van der Waals surface area contributed by atoms with Crippen molar-refractivity contribution < 1.29 is 14.6 Å². The fourth-order valence-electron chi connectivity index (χ4n) is 3.69. The molecule has 0 aliphatic heterocycles. The van der Waals surface area contributed by atoms with Crippen LogP contribution < -0.4 is 10.3 Å². The van der Waals surface area contributed by atoms with Crippen LogP contribution in [0.2, 0.25) is 10.0 Å². The van der Waals surface area contributed by atoms with E-state index in [9.17, 15) is 20.0 Å². The molecule has 1 heterocycles. The number of nitrogens with zero attached hydrogens (tertiary/aromatic N) is 3. The van der Waals surface area contributed by atoms with Crippen LogP contribution in [0.4, 0.5) is 0 Å². The minimum atomic E-state index is -1.04. The molecule has 0 radical (unpaired) electrons. The highest BCUT2D eigenvalue weighted by Gasteiger charge is 2.15. The Morgan fingerprint density at radius 1 is 1.18 bits per heavy atom. The number of aromatic nitrogens is 2. The van der Waals surface area contributed by atoms with Crippen LogP contribution in [0.5, 0.6) is 5.75 Å². The molecule has 4 aromatic rings. The van der Waals surface area contributed by atoms with Crippen molar-refractivity contribution in [2.75, 3.05) is 6.61 Å². The third-order valence-electron chi connectivity index (χ3n) is 5.31. The van der Waals surface area contributed by atoms with Crippen LogP contribution in [0.25, 0.3) is 22.0 Å². The van der Waals surface area contributed by atoms with E-state index in [0.717, 1.165) is 0 Å². The first-order valence-corrected chi connectivity index (χ1v) is 10.9. The topological polar surface area (TPSA) is 105 Å². The highest BCUT2D eigenvalue weighted by molar-refractivity contribution is 6.32. The smallest absolute Gasteiger partial charge is 0.335 e. The van der Waals surface area contributed by atoms with Gasteiger partial charge in [-0.2, -0.15) is 5.26 Å². The van der Waals surface area contributed by atoms with Gasteiger partial charge in [-0.15, -0.1) is 0 Å². The Bertz CT molecular complexity index is 1540. The third-order valence-corrected chi connectivity index (χ3v) is 5.86. The Hall–Kier alpha value is -3.86. The van der Waals surface area contributed by atoms with Gasteiger partial charge in [0.25, 0.3) is 5.56 Å². The number of ether oxygens (including phenoxy) is 1. The van der Waals surface area contributed by atoms with Crippen molar-refractivity contribution in [3.63, 3.8) is 0 Å². The van der Waals surface area contributed by atoms with Crippen molar-refractivity contribution in [1.82, 2.24) is 9.55 Å². The van der Waals surface area contributed by atoms with E-state index in [4.69, 9.17) is 27.9 Å². The van der Waals surface area contributed by atoms with E-state index >= 15 is 0 Å². The predicted molar refractivity (Wildman–Crippen MR) is 130 cm³/mol. The molecule has 0 saturated heterocycles. The zero-order chi connectivity index (χ0) is 24.4. The number of hydrogen-bond acceptors (Lipinski definition) is 5. The summed E-state index contributed by atoms with van der Waals surface area (Å²) in [5, 5.41) is 19.6. The highest BCUT2D eigenvalue weighted by Crippen LogP contribution is 2.33. The summed E-state index contributed by atoms with van der Waals surface area (Å²) in [6.07, 6.45) is 0. The first-order chi connectivity index (χ1) is 16.3. The number of carbonyl (C=O) groups is 1. The van der Waals surface area contributed by atoms with Gasteiger partial charge in [-0.25, -0.2) is 9.78 Å². The summed E-state index contributed by atoms with van der Waals surface area (Å²) in [6.45, 7) is 1.98. The van der Waals surface area contributed by atoms with Gasteiger partial charge in [-0.05, 0) is 55.0 Å². The number of halogens is 2. The van der Waals surface area contributed by atoms with Crippen molar-refractivity contribution in [3.05, 3.63) is 91.9 Å². The second-order valence-electron chi connectivity index (χ2n) is 7.42. The summed E-state index contributed by atoms with van der Waals surface area (Å²) in [7, 11) is 0. The molecule has 170 valence electrons. The van der Waals surface area contributed by atoms with Crippen LogP contribution in [-0.2, 0) is 6.54 Å². The van der Waals surface area contributed by atoms with E-state index in [1.807, 2.05) is 6.07 Å². The fraction of sp³-hybridized carbons (Fsp3) is 0.120. The Labute approximate surface area is 204 Å². The molecule has 0 aliphatic rings. The lowest BCUT2D eigenvalue weighted by molar-refractivity contribution is 0.0697. The standard InChI is InChI=1S/C25H17Cl2N3O4/c1-14-29-21-7-6-20(27)19(13-28)23(21)24(31)30(14)9-10-34-22-8-5-17(26)12-18(22)15-3-2-4-16(11-15)25(32)33/h2-8,11-12H,9-10H2,1H3,(H,32,33). The third kappa shape index (κ3) is 4.46. The number of benzene rings is 3. The van der Waals surface area contributed by atoms with Crippen LogP contribution in [0.15, 0.2) is 59.4 Å². The largest absolute Gasteiger partial charge is 0.491 e. The zero-order valence-electron chi connectivity index (χ0n) is 17.9. The number of hydrogen-bond donors (Lipinski definition) is 1. The number of aromatic carboxylic acids is 1. The molecule has 0 saturated carbocycles. The molecule has 0 amide bonds. The number of carboxylic acids is 1. The van der Waals surface area contributed by atoms with E-state index < -0.39 is 5.97 Å². The molecular weight excluding hydrogens is 477 g/mol. The van der Waals surface area contributed by atoms with Gasteiger partial charge in [0.2, 0.25) is 0 Å². The molecule has 0 spiro atoms. The average Bonchev–Trinajstić information content (AvgIpc) is 2.82. The maximum absolute atomic E-state index is 13.1. The average molecular weight is 494 g/mol. The van der Waals surface area contributed by atoms with Crippen molar-refractivity contribution in [2.45, 2.75) is 13.5 Å². The lowest BCUT2D eigenvalue weighted by Gasteiger charge is -2.15. The van der Waals surface area contributed by atoms with Crippen LogP contribution in [-0.4, -0.2) is 27.2 Å². The highest BCUT2D eigenvalue weighted by atomic mass is 35.5. The molecule has 7 nitrogen and oxygen atoms in total. The van der Waals surface area contributed by atoms with Gasteiger partial charge in [0.15, 0.2) is 0 Å². The maximum Gasteiger partial charge on any atom is 0.335 e. The van der Waals surface area contributed by atoms with Crippen LogP contribution in [0, 0.1) is 18.3 Å². The Morgan fingerprint density at radius 3 is 2.71 bits per heavy atom. The molecule has 0 aliphatic carbocycles. The second-order valence-corrected chi connectivity index (χ2v) is 8.26. The normalized spacial score (nSPS) is 10.8. The lowest BCUT2D eigenvalue weighted by Crippen LogP contribution is -2.27. The maximum atomic E-state index is 13.1. The van der Waals surface area contributed by atoms with Crippen molar-refractivity contribution >= 4 is 40.1 Å². The summed E-state index contributed by atoms with van der Waals surface area (Å²) < 4.78 is 7.40. The van der Waals surface area contributed by atoms with Gasteiger partial charge in [0.05, 0.1) is 33.6 Å². The molecule has 0 atom stereocenters. The van der Waals surface area contributed by atoms with Crippen molar-refractivity contribution in [3.8, 4) is 22.9 Å². The first-order valence-electron chi connectivity index (χ1n) is 10.2. The van der Waals surface area contributed by atoms with Crippen LogP contribution in [0.3, 0.4) is 0 Å². The first kappa shape index (κ1) is 23.3. The van der Waals surface area contributed by atoms with Crippen LogP contribution in [0.1, 0.15) is 21.7 Å². The number of aryl methyl sites for hydroxylation is 1. The molecule has 1 aromatic heterocycles. The number of carboxylic acid groups (broad SMARTS) is 1. The fourth-order valence-corrected chi connectivity index (χ4v) is 4.06. The number of fused-ring (bicyclic) bond motifs is 1. The van der Waals surface area contributed by atoms with Crippen molar-refractivity contribution in [1.29, 1.82) is 5.26 Å². The van der Waals surface area contributed by atoms with E-state index in [1.165, 1.54) is 16.7 Å². The quantitative estimate of drug-likeness (QED) is 0.389. The van der Waals surface area contributed by atoms with E-state index in [-0.39, 0.29) is 40.2 Å². The summed E-state index contributed by atoms with van der Waals surface area (Å²) >= 11 is 12.3. The van der Waals surface area contributed by atoms with Gasteiger partial charge in [-0.1, -0.05) is 35.3 Å². The van der Waals surface area contributed by atoms with Gasteiger partial charge in [-0.3, -0.25) is 9.36 Å². The zero-order valence-corrected chi connectivity index (χ0v) is 19.4. The Balaban J connectivity index is 1.65. The van der Waals surface area contributed by atoms with E-state index in [1.54, 1.807) is 49.4 Å². The monoisotopic (exact) mass is 493 g/mol. The van der Waals surface area contributed by atoms with Gasteiger partial charge in [0, 0.05) is 10.6 Å². The Morgan fingerprint density at radius 2 is 1.97 bits per heavy atom.